The van der Waals surface area contributed by atoms with Crippen LogP contribution < -0.4 is 0 Å². The van der Waals surface area contributed by atoms with Gasteiger partial charge < -0.3 is 5.11 Å². The number of fused-ring (bicyclic) bond motifs is 1. The van der Waals surface area contributed by atoms with Gasteiger partial charge >= 0.3 is 0 Å². The molecule has 1 aromatic rings. The van der Waals surface area contributed by atoms with E-state index < -0.39 is 0 Å². The molecule has 1 heteroatoms. The molecule has 3 rings (SSSR count). The van der Waals surface area contributed by atoms with E-state index in [0.29, 0.717) is 5.92 Å². The van der Waals surface area contributed by atoms with Crippen molar-refractivity contribution in [2.45, 2.75) is 63.4 Å². The molecule has 0 aliphatic heterocycles. The summed E-state index contributed by atoms with van der Waals surface area (Å²) in [6.07, 6.45) is 9.92. The van der Waals surface area contributed by atoms with Gasteiger partial charge in [-0.15, -0.1) is 0 Å². The molecule has 2 atom stereocenters. The quantitative estimate of drug-likeness (QED) is 0.828. The summed E-state index contributed by atoms with van der Waals surface area (Å²) < 4.78 is 0. The fourth-order valence-electron chi connectivity index (χ4n) is 3.44. The van der Waals surface area contributed by atoms with E-state index in [2.05, 4.69) is 24.3 Å². The van der Waals surface area contributed by atoms with Crippen LogP contribution in [-0.4, -0.2) is 11.2 Å². The highest BCUT2D eigenvalue weighted by molar-refractivity contribution is 5.32. The molecule has 2 aliphatic rings. The van der Waals surface area contributed by atoms with Crippen LogP contribution in [0.25, 0.3) is 0 Å². The van der Waals surface area contributed by atoms with Crippen LogP contribution in [0.4, 0.5) is 0 Å². The number of benzene rings is 1. The smallest absolute Gasteiger partial charge is 0.0568 e. The maximum absolute atomic E-state index is 9.91. The molecule has 1 N–H and O–H groups in total. The Bertz CT molecular complexity index is 394. The first kappa shape index (κ1) is 12.2. The summed E-state index contributed by atoms with van der Waals surface area (Å²) in [5.74, 6) is 1.39. The predicted molar refractivity (Wildman–Crippen MR) is 74.7 cm³/mol. The maximum Gasteiger partial charge on any atom is 0.0568 e. The van der Waals surface area contributed by atoms with Gasteiger partial charge in [-0.25, -0.2) is 0 Å². The second-order valence-electron chi connectivity index (χ2n) is 6.12. The first-order chi connectivity index (χ1) is 8.84. The van der Waals surface area contributed by atoms with E-state index in [1.165, 1.54) is 44.9 Å². The van der Waals surface area contributed by atoms with E-state index >= 15 is 0 Å². The van der Waals surface area contributed by atoms with Gasteiger partial charge in [0.2, 0.25) is 0 Å². The molecule has 1 nitrogen and oxygen atoms in total. The highest BCUT2D eigenvalue weighted by Gasteiger charge is 2.29. The van der Waals surface area contributed by atoms with Crippen LogP contribution in [0.5, 0.6) is 0 Å². The van der Waals surface area contributed by atoms with Crippen LogP contribution in [0.15, 0.2) is 24.3 Å². The number of hydrogen-bond acceptors (Lipinski definition) is 1. The standard InChI is InChI=1S/C17H24O/c18-17(15-11-12-15)10-4-8-14-7-3-6-13-5-1-2-9-16(13)14/h1-2,5,9,14-15,17-18H,3-4,6-8,10-12H2. The molecule has 0 bridgehead atoms. The minimum Gasteiger partial charge on any atom is -0.393 e. The summed E-state index contributed by atoms with van der Waals surface area (Å²) in [5.41, 5.74) is 3.15. The summed E-state index contributed by atoms with van der Waals surface area (Å²) in [6, 6.07) is 8.95. The topological polar surface area (TPSA) is 20.2 Å². The van der Waals surface area contributed by atoms with E-state index in [1.54, 1.807) is 11.1 Å². The van der Waals surface area contributed by atoms with Gasteiger partial charge in [-0.3, -0.25) is 0 Å². The largest absolute Gasteiger partial charge is 0.393 e. The van der Waals surface area contributed by atoms with E-state index in [-0.39, 0.29) is 6.10 Å². The molecular weight excluding hydrogens is 220 g/mol. The van der Waals surface area contributed by atoms with Crippen molar-refractivity contribution in [1.82, 2.24) is 0 Å². The Morgan fingerprint density at radius 1 is 1.17 bits per heavy atom. The number of aliphatic hydroxyl groups is 1. The molecule has 1 saturated carbocycles. The van der Waals surface area contributed by atoms with Crippen molar-refractivity contribution in [1.29, 1.82) is 0 Å². The van der Waals surface area contributed by atoms with Gasteiger partial charge in [-0.05, 0) is 67.9 Å². The fourth-order valence-corrected chi connectivity index (χ4v) is 3.44. The third kappa shape index (κ3) is 2.77. The maximum atomic E-state index is 9.91. The van der Waals surface area contributed by atoms with E-state index in [0.717, 1.165) is 12.3 Å². The van der Waals surface area contributed by atoms with Gasteiger partial charge in [0.25, 0.3) is 0 Å². The number of aryl methyl sites for hydroxylation is 1. The zero-order chi connectivity index (χ0) is 12.4. The van der Waals surface area contributed by atoms with Crippen LogP contribution in [0.2, 0.25) is 0 Å². The average Bonchev–Trinajstić information content (AvgIpc) is 3.23. The summed E-state index contributed by atoms with van der Waals surface area (Å²) in [5, 5.41) is 9.91. The normalized spacial score (nSPS) is 24.6. The lowest BCUT2D eigenvalue weighted by Gasteiger charge is -2.25. The Balaban J connectivity index is 1.53. The zero-order valence-corrected chi connectivity index (χ0v) is 11.1. The molecule has 0 heterocycles. The molecule has 2 unspecified atom stereocenters. The van der Waals surface area contributed by atoms with Crippen molar-refractivity contribution >= 4 is 0 Å². The van der Waals surface area contributed by atoms with Crippen molar-refractivity contribution in [2.24, 2.45) is 5.92 Å². The van der Waals surface area contributed by atoms with Crippen LogP contribution >= 0.6 is 0 Å². The van der Waals surface area contributed by atoms with Crippen LogP contribution in [0.3, 0.4) is 0 Å². The Morgan fingerprint density at radius 3 is 2.83 bits per heavy atom. The Labute approximate surface area is 110 Å². The highest BCUT2D eigenvalue weighted by atomic mass is 16.3. The minimum atomic E-state index is -0.0103. The zero-order valence-electron chi connectivity index (χ0n) is 11.1. The van der Waals surface area contributed by atoms with Crippen molar-refractivity contribution in [3.05, 3.63) is 35.4 Å². The number of aliphatic hydroxyl groups excluding tert-OH is 1. The number of hydrogen-bond donors (Lipinski definition) is 1. The van der Waals surface area contributed by atoms with Crippen LogP contribution in [-0.2, 0) is 6.42 Å². The molecule has 0 amide bonds. The number of rotatable bonds is 5. The van der Waals surface area contributed by atoms with Crippen molar-refractivity contribution in [3.8, 4) is 0 Å². The van der Waals surface area contributed by atoms with Gasteiger partial charge in [0.05, 0.1) is 6.10 Å². The predicted octanol–water partition coefficient (Wildman–Crippen LogP) is 4.05. The second kappa shape index (κ2) is 5.44. The van der Waals surface area contributed by atoms with Crippen molar-refractivity contribution in [2.75, 3.05) is 0 Å². The Morgan fingerprint density at radius 2 is 2.00 bits per heavy atom. The molecule has 0 radical (unpaired) electrons. The molecule has 98 valence electrons. The molecule has 0 aromatic heterocycles. The van der Waals surface area contributed by atoms with Crippen molar-refractivity contribution in [3.63, 3.8) is 0 Å². The van der Waals surface area contributed by atoms with Crippen LogP contribution in [0, 0.1) is 5.92 Å². The van der Waals surface area contributed by atoms with Gasteiger partial charge in [0.1, 0.15) is 0 Å². The third-order valence-electron chi connectivity index (χ3n) is 4.71. The fraction of sp³-hybridized carbons (Fsp3) is 0.647. The van der Waals surface area contributed by atoms with E-state index in [4.69, 9.17) is 0 Å². The molecule has 0 saturated heterocycles. The third-order valence-corrected chi connectivity index (χ3v) is 4.71. The Kier molecular flexibility index (Phi) is 3.69. The average molecular weight is 244 g/mol. The molecule has 1 fully saturated rings. The van der Waals surface area contributed by atoms with Gasteiger partial charge in [-0.1, -0.05) is 30.7 Å². The highest BCUT2D eigenvalue weighted by Crippen LogP contribution is 2.37. The summed E-state index contributed by atoms with van der Waals surface area (Å²) in [6.45, 7) is 0. The summed E-state index contributed by atoms with van der Waals surface area (Å²) in [7, 11) is 0. The van der Waals surface area contributed by atoms with E-state index in [1.807, 2.05) is 0 Å². The molecular formula is C17H24O. The Hall–Kier alpha value is -0.820. The summed E-state index contributed by atoms with van der Waals surface area (Å²) in [4.78, 5) is 0. The molecule has 2 aliphatic carbocycles. The first-order valence-corrected chi connectivity index (χ1v) is 7.60. The van der Waals surface area contributed by atoms with Crippen LogP contribution in [0.1, 0.15) is 62.0 Å². The van der Waals surface area contributed by atoms with Gasteiger partial charge in [0, 0.05) is 0 Å². The van der Waals surface area contributed by atoms with Gasteiger partial charge in [-0.2, -0.15) is 0 Å². The summed E-state index contributed by atoms with van der Waals surface area (Å²) >= 11 is 0. The van der Waals surface area contributed by atoms with E-state index in [9.17, 15) is 5.11 Å². The SMILES string of the molecule is OC(CCCC1CCCc2ccccc21)C1CC1. The molecule has 1 aromatic carbocycles. The minimum absolute atomic E-state index is 0.0103. The first-order valence-electron chi connectivity index (χ1n) is 7.60. The monoisotopic (exact) mass is 244 g/mol. The lowest BCUT2D eigenvalue weighted by Crippen LogP contribution is -2.12. The van der Waals surface area contributed by atoms with Gasteiger partial charge in [0.15, 0.2) is 0 Å². The second-order valence-corrected chi connectivity index (χ2v) is 6.12. The molecule has 0 spiro atoms. The molecule has 18 heavy (non-hydrogen) atoms. The van der Waals surface area contributed by atoms with Crippen molar-refractivity contribution < 1.29 is 5.11 Å². The lowest BCUT2D eigenvalue weighted by atomic mass is 9.80. The lowest BCUT2D eigenvalue weighted by molar-refractivity contribution is 0.137.